The van der Waals surface area contributed by atoms with Crippen LogP contribution in [-0.4, -0.2) is 16.7 Å². The van der Waals surface area contributed by atoms with Gasteiger partial charge < -0.3 is 5.73 Å². The minimum atomic E-state index is -0.131. The minimum Gasteiger partial charge on any atom is -0.398 e. The molecule has 1 aliphatic heterocycles. The van der Waals surface area contributed by atoms with Gasteiger partial charge >= 0.3 is 0 Å². The number of anilines is 1. The first-order valence-corrected chi connectivity index (χ1v) is 6.22. The Bertz CT molecular complexity index is 484. The molecule has 0 saturated carbocycles. The number of piperidine rings is 1. The summed E-state index contributed by atoms with van der Waals surface area (Å²) in [6.07, 6.45) is 0.832. The van der Waals surface area contributed by atoms with E-state index in [0.29, 0.717) is 23.6 Å². The van der Waals surface area contributed by atoms with E-state index >= 15 is 0 Å². The standard InChI is InChI=1S/C13H15ClN2O2/c1-8-4-12(17)16(13(18)5-8)7-9-2-3-10(14)6-11(9)15/h2-3,6,8H,4-5,7,15H2,1H3. The zero-order valence-corrected chi connectivity index (χ0v) is 10.9. The highest BCUT2D eigenvalue weighted by Crippen LogP contribution is 2.24. The van der Waals surface area contributed by atoms with E-state index in [1.165, 1.54) is 4.90 Å². The Kier molecular flexibility index (Phi) is 3.57. The summed E-state index contributed by atoms with van der Waals surface area (Å²) in [4.78, 5) is 24.9. The van der Waals surface area contributed by atoms with Crippen molar-refractivity contribution < 1.29 is 9.59 Å². The van der Waals surface area contributed by atoms with Gasteiger partial charge in [0.2, 0.25) is 11.8 Å². The van der Waals surface area contributed by atoms with Crippen LogP contribution in [0.3, 0.4) is 0 Å². The van der Waals surface area contributed by atoms with Crippen LogP contribution < -0.4 is 5.73 Å². The van der Waals surface area contributed by atoms with E-state index in [4.69, 9.17) is 17.3 Å². The Labute approximate surface area is 111 Å². The summed E-state index contributed by atoms with van der Waals surface area (Å²) in [5.41, 5.74) is 7.07. The topological polar surface area (TPSA) is 63.4 Å². The van der Waals surface area contributed by atoms with Gasteiger partial charge in [-0.15, -0.1) is 0 Å². The second-order valence-corrected chi connectivity index (χ2v) is 5.17. The van der Waals surface area contributed by atoms with Crippen LogP contribution in [-0.2, 0) is 16.1 Å². The Balaban J connectivity index is 2.18. The molecule has 0 radical (unpaired) electrons. The number of rotatable bonds is 2. The number of carbonyl (C=O) groups excluding carboxylic acids is 2. The molecule has 0 aliphatic carbocycles. The van der Waals surface area contributed by atoms with Crippen LogP contribution in [0, 0.1) is 5.92 Å². The second kappa shape index (κ2) is 4.98. The maximum Gasteiger partial charge on any atom is 0.229 e. The van der Waals surface area contributed by atoms with Crippen molar-refractivity contribution in [2.24, 2.45) is 5.92 Å². The second-order valence-electron chi connectivity index (χ2n) is 4.73. The number of imide groups is 1. The third kappa shape index (κ3) is 2.64. The Morgan fingerprint density at radius 1 is 1.33 bits per heavy atom. The number of carbonyl (C=O) groups is 2. The quantitative estimate of drug-likeness (QED) is 0.659. The summed E-state index contributed by atoms with van der Waals surface area (Å²) in [7, 11) is 0. The van der Waals surface area contributed by atoms with Gasteiger partial charge in [-0.2, -0.15) is 0 Å². The fourth-order valence-electron chi connectivity index (χ4n) is 2.08. The molecule has 0 atom stereocenters. The van der Waals surface area contributed by atoms with Gasteiger partial charge in [-0.05, 0) is 23.6 Å². The maximum atomic E-state index is 11.8. The molecule has 2 N–H and O–H groups in total. The van der Waals surface area contributed by atoms with Crippen molar-refractivity contribution in [2.75, 3.05) is 5.73 Å². The number of halogens is 1. The number of benzene rings is 1. The zero-order valence-electron chi connectivity index (χ0n) is 10.1. The van der Waals surface area contributed by atoms with E-state index in [1.54, 1.807) is 18.2 Å². The Morgan fingerprint density at radius 2 is 1.94 bits per heavy atom. The van der Waals surface area contributed by atoms with Crippen molar-refractivity contribution in [3.8, 4) is 0 Å². The molecular weight excluding hydrogens is 252 g/mol. The summed E-state index contributed by atoms with van der Waals surface area (Å²) in [5, 5.41) is 0.543. The molecule has 0 spiro atoms. The largest absolute Gasteiger partial charge is 0.398 e. The summed E-state index contributed by atoms with van der Waals surface area (Å²) in [6.45, 7) is 2.14. The number of likely N-dealkylation sites (tertiary alicyclic amines) is 1. The summed E-state index contributed by atoms with van der Waals surface area (Å²) >= 11 is 5.81. The molecule has 1 heterocycles. The van der Waals surface area contributed by atoms with Crippen LogP contribution in [0.2, 0.25) is 5.02 Å². The highest BCUT2D eigenvalue weighted by atomic mass is 35.5. The van der Waals surface area contributed by atoms with E-state index < -0.39 is 0 Å². The van der Waals surface area contributed by atoms with E-state index in [0.717, 1.165) is 5.56 Å². The van der Waals surface area contributed by atoms with E-state index in [9.17, 15) is 9.59 Å². The predicted molar refractivity (Wildman–Crippen MR) is 69.8 cm³/mol. The van der Waals surface area contributed by atoms with Crippen LogP contribution in [0.15, 0.2) is 18.2 Å². The molecule has 1 fully saturated rings. The monoisotopic (exact) mass is 266 g/mol. The van der Waals surface area contributed by atoms with Gasteiger partial charge in [0.25, 0.3) is 0 Å². The fourth-order valence-corrected chi connectivity index (χ4v) is 2.26. The van der Waals surface area contributed by atoms with Gasteiger partial charge in [-0.25, -0.2) is 0 Å². The van der Waals surface area contributed by atoms with Gasteiger partial charge in [0.1, 0.15) is 0 Å². The molecule has 2 amide bonds. The molecule has 0 bridgehead atoms. The number of hydrogen-bond donors (Lipinski definition) is 1. The van der Waals surface area contributed by atoms with Gasteiger partial charge in [0.05, 0.1) is 6.54 Å². The van der Waals surface area contributed by atoms with Gasteiger partial charge in [-0.3, -0.25) is 14.5 Å². The molecule has 18 heavy (non-hydrogen) atoms. The highest BCUT2D eigenvalue weighted by molar-refractivity contribution is 6.30. The van der Waals surface area contributed by atoms with Gasteiger partial charge in [-0.1, -0.05) is 24.6 Å². The molecule has 1 aromatic carbocycles. The molecular formula is C13H15ClN2O2. The molecule has 5 heteroatoms. The normalized spacial score (nSPS) is 17.3. The minimum absolute atomic E-state index is 0.129. The van der Waals surface area contributed by atoms with E-state index in [2.05, 4.69) is 0 Å². The number of nitrogens with two attached hydrogens (primary N) is 1. The lowest BCUT2D eigenvalue weighted by Crippen LogP contribution is -2.42. The van der Waals surface area contributed by atoms with E-state index in [-0.39, 0.29) is 24.3 Å². The first kappa shape index (κ1) is 12.9. The summed E-state index contributed by atoms with van der Waals surface area (Å²) < 4.78 is 0. The summed E-state index contributed by atoms with van der Waals surface area (Å²) in [6, 6.07) is 5.07. The van der Waals surface area contributed by atoms with Crippen LogP contribution in [0.5, 0.6) is 0 Å². The van der Waals surface area contributed by atoms with Crippen molar-refractivity contribution in [3.05, 3.63) is 28.8 Å². The third-order valence-corrected chi connectivity index (χ3v) is 3.32. The average Bonchev–Trinajstić information content (AvgIpc) is 2.25. The van der Waals surface area contributed by atoms with Crippen LogP contribution >= 0.6 is 11.6 Å². The van der Waals surface area contributed by atoms with Crippen molar-refractivity contribution in [2.45, 2.75) is 26.3 Å². The lowest BCUT2D eigenvalue weighted by Gasteiger charge is -2.28. The van der Waals surface area contributed by atoms with Gasteiger partial charge in [0, 0.05) is 23.6 Å². The van der Waals surface area contributed by atoms with Gasteiger partial charge in [0.15, 0.2) is 0 Å². The molecule has 4 nitrogen and oxygen atoms in total. The van der Waals surface area contributed by atoms with Crippen LogP contribution in [0.1, 0.15) is 25.3 Å². The van der Waals surface area contributed by atoms with Crippen molar-refractivity contribution in [1.29, 1.82) is 0 Å². The molecule has 2 rings (SSSR count). The highest BCUT2D eigenvalue weighted by Gasteiger charge is 2.30. The van der Waals surface area contributed by atoms with Crippen molar-refractivity contribution >= 4 is 29.1 Å². The molecule has 0 aromatic heterocycles. The average molecular weight is 267 g/mol. The molecule has 1 saturated heterocycles. The molecule has 1 aliphatic rings. The SMILES string of the molecule is CC1CC(=O)N(Cc2ccc(Cl)cc2N)C(=O)C1. The molecule has 96 valence electrons. The fraction of sp³-hybridized carbons (Fsp3) is 0.385. The number of amides is 2. The first-order valence-electron chi connectivity index (χ1n) is 5.84. The number of nitrogen functional groups attached to an aromatic ring is 1. The number of nitrogens with zero attached hydrogens (tertiary/aromatic N) is 1. The zero-order chi connectivity index (χ0) is 13.3. The van der Waals surface area contributed by atoms with Crippen molar-refractivity contribution in [3.63, 3.8) is 0 Å². The van der Waals surface area contributed by atoms with E-state index in [1.807, 2.05) is 6.92 Å². The first-order chi connectivity index (χ1) is 8.47. The Morgan fingerprint density at radius 3 is 2.50 bits per heavy atom. The third-order valence-electron chi connectivity index (χ3n) is 3.08. The van der Waals surface area contributed by atoms with Crippen molar-refractivity contribution in [1.82, 2.24) is 4.90 Å². The van der Waals surface area contributed by atoms with Crippen LogP contribution in [0.4, 0.5) is 5.69 Å². The molecule has 1 aromatic rings. The summed E-state index contributed by atoms with van der Waals surface area (Å²) in [5.74, 6) is -0.134. The smallest absolute Gasteiger partial charge is 0.229 e. The maximum absolute atomic E-state index is 11.8. The number of hydrogen-bond acceptors (Lipinski definition) is 3. The molecule has 0 unspecified atom stereocenters. The Hall–Kier alpha value is -1.55. The lowest BCUT2D eigenvalue weighted by molar-refractivity contribution is -0.150. The van der Waals surface area contributed by atoms with Crippen LogP contribution in [0.25, 0.3) is 0 Å². The predicted octanol–water partition coefficient (Wildman–Crippen LogP) is 2.21. The lowest BCUT2D eigenvalue weighted by atomic mass is 9.97.